The Morgan fingerprint density at radius 3 is 2.10 bits per heavy atom. The van der Waals surface area contributed by atoms with Gasteiger partial charge in [0.25, 0.3) is 0 Å². The van der Waals surface area contributed by atoms with Gasteiger partial charge in [0.2, 0.25) is 0 Å². The second-order valence-corrected chi connectivity index (χ2v) is 5.95. The molecule has 116 valence electrons. The molecule has 0 bridgehead atoms. The molecule has 0 radical (unpaired) electrons. The minimum atomic E-state index is -0.304. The van der Waals surface area contributed by atoms with E-state index >= 15 is 0 Å². The first-order chi connectivity index (χ1) is 9.56. The summed E-state index contributed by atoms with van der Waals surface area (Å²) in [6.45, 7) is 6.92. The van der Waals surface area contributed by atoms with Gasteiger partial charge in [0, 0.05) is 0 Å². The molecule has 0 aliphatic heterocycles. The van der Waals surface area contributed by atoms with Crippen LogP contribution in [-0.4, -0.2) is 25.2 Å². The van der Waals surface area contributed by atoms with Gasteiger partial charge in [0.15, 0.2) is 0 Å². The number of hydrogen-bond donors (Lipinski definition) is 0. The highest BCUT2D eigenvalue weighted by atomic mass is 16.5. The molecule has 0 amide bonds. The smallest absolute Gasteiger partial charge is 0.309 e. The molecule has 0 heterocycles. The highest BCUT2D eigenvalue weighted by Crippen LogP contribution is 2.32. The van der Waals surface area contributed by atoms with E-state index in [0.29, 0.717) is 19.1 Å². The maximum absolute atomic E-state index is 12.1. The van der Waals surface area contributed by atoms with Crippen molar-refractivity contribution in [2.24, 2.45) is 17.8 Å². The summed E-state index contributed by atoms with van der Waals surface area (Å²) in [7, 11) is 0. The van der Waals surface area contributed by atoms with Crippen LogP contribution in [-0.2, 0) is 19.1 Å². The van der Waals surface area contributed by atoms with Crippen LogP contribution in [0.3, 0.4) is 0 Å². The summed E-state index contributed by atoms with van der Waals surface area (Å²) in [5.41, 5.74) is 0. The lowest BCUT2D eigenvalue weighted by atomic mass is 9.79. The van der Waals surface area contributed by atoms with Crippen LogP contribution >= 0.6 is 0 Å². The van der Waals surface area contributed by atoms with E-state index in [0.717, 1.165) is 38.5 Å². The van der Waals surface area contributed by atoms with Gasteiger partial charge >= 0.3 is 11.9 Å². The minimum absolute atomic E-state index is 0.216. The van der Waals surface area contributed by atoms with Gasteiger partial charge in [-0.3, -0.25) is 9.59 Å². The number of rotatable bonds is 7. The lowest BCUT2D eigenvalue weighted by molar-refractivity contribution is -0.162. The zero-order chi connectivity index (χ0) is 15.0. The predicted octanol–water partition coefficient (Wildman–Crippen LogP) is 3.34. The molecule has 1 aliphatic rings. The summed E-state index contributed by atoms with van der Waals surface area (Å²) >= 11 is 0. The second kappa shape index (κ2) is 8.98. The van der Waals surface area contributed by atoms with Gasteiger partial charge in [-0.1, -0.05) is 26.7 Å². The lowest BCUT2D eigenvalue weighted by Crippen LogP contribution is -2.35. The quantitative estimate of drug-likeness (QED) is 0.531. The Morgan fingerprint density at radius 2 is 1.60 bits per heavy atom. The molecule has 0 aromatic heterocycles. The fourth-order valence-corrected chi connectivity index (χ4v) is 2.72. The SMILES string of the molecule is CCOC(=O)C1CCCCC1C(=O)OCCCC(C)C. The molecule has 0 aromatic carbocycles. The van der Waals surface area contributed by atoms with Crippen LogP contribution in [0.25, 0.3) is 0 Å². The van der Waals surface area contributed by atoms with Gasteiger partial charge < -0.3 is 9.47 Å². The minimum Gasteiger partial charge on any atom is -0.466 e. The number of esters is 2. The van der Waals surface area contributed by atoms with Crippen molar-refractivity contribution in [1.29, 1.82) is 0 Å². The third-order valence-electron chi connectivity index (χ3n) is 3.83. The molecule has 0 aromatic rings. The Hall–Kier alpha value is -1.06. The summed E-state index contributed by atoms with van der Waals surface area (Å²) < 4.78 is 10.4. The Kier molecular flexibility index (Phi) is 7.63. The fourth-order valence-electron chi connectivity index (χ4n) is 2.72. The number of hydrogen-bond acceptors (Lipinski definition) is 4. The fraction of sp³-hybridized carbons (Fsp3) is 0.875. The zero-order valence-corrected chi connectivity index (χ0v) is 13.0. The second-order valence-electron chi connectivity index (χ2n) is 5.95. The normalized spacial score (nSPS) is 22.6. The van der Waals surface area contributed by atoms with Crippen molar-refractivity contribution in [3.8, 4) is 0 Å². The van der Waals surface area contributed by atoms with Crippen LogP contribution in [0.1, 0.15) is 59.3 Å². The van der Waals surface area contributed by atoms with Crippen molar-refractivity contribution in [2.45, 2.75) is 59.3 Å². The molecular weight excluding hydrogens is 256 g/mol. The van der Waals surface area contributed by atoms with Crippen LogP contribution in [0.4, 0.5) is 0 Å². The van der Waals surface area contributed by atoms with Crippen molar-refractivity contribution >= 4 is 11.9 Å². The van der Waals surface area contributed by atoms with Crippen molar-refractivity contribution < 1.29 is 19.1 Å². The summed E-state index contributed by atoms with van der Waals surface area (Å²) in [4.78, 5) is 24.0. The average molecular weight is 284 g/mol. The number of carbonyl (C=O) groups is 2. The average Bonchev–Trinajstić information content (AvgIpc) is 2.43. The van der Waals surface area contributed by atoms with Gasteiger partial charge in [0.1, 0.15) is 0 Å². The number of carbonyl (C=O) groups excluding carboxylic acids is 2. The van der Waals surface area contributed by atoms with E-state index in [4.69, 9.17) is 9.47 Å². The van der Waals surface area contributed by atoms with Crippen molar-refractivity contribution in [2.75, 3.05) is 13.2 Å². The van der Waals surface area contributed by atoms with Gasteiger partial charge in [-0.15, -0.1) is 0 Å². The topological polar surface area (TPSA) is 52.6 Å². The summed E-state index contributed by atoms with van der Waals surface area (Å²) in [5.74, 6) is -0.443. The summed E-state index contributed by atoms with van der Waals surface area (Å²) in [5, 5.41) is 0. The molecule has 1 fully saturated rings. The van der Waals surface area contributed by atoms with E-state index in [9.17, 15) is 9.59 Å². The standard InChI is InChI=1S/C16H28O4/c1-4-19-15(17)13-9-5-6-10-14(13)16(18)20-11-7-8-12(2)3/h12-14H,4-11H2,1-3H3. The summed E-state index contributed by atoms with van der Waals surface area (Å²) in [6.07, 6.45) is 5.40. The van der Waals surface area contributed by atoms with E-state index < -0.39 is 0 Å². The Balaban J connectivity index is 2.43. The zero-order valence-electron chi connectivity index (χ0n) is 13.0. The van der Waals surface area contributed by atoms with Gasteiger partial charge in [-0.25, -0.2) is 0 Å². The first-order valence-corrected chi connectivity index (χ1v) is 7.89. The first kappa shape index (κ1) is 17.0. The highest BCUT2D eigenvalue weighted by Gasteiger charge is 2.37. The van der Waals surface area contributed by atoms with E-state index in [1.807, 2.05) is 0 Å². The van der Waals surface area contributed by atoms with E-state index in [-0.39, 0.29) is 23.8 Å². The largest absolute Gasteiger partial charge is 0.466 e. The van der Waals surface area contributed by atoms with Gasteiger partial charge in [-0.2, -0.15) is 0 Å². The van der Waals surface area contributed by atoms with E-state index in [2.05, 4.69) is 13.8 Å². The molecule has 1 saturated carbocycles. The predicted molar refractivity (Wildman–Crippen MR) is 77.1 cm³/mol. The molecular formula is C16H28O4. The molecule has 0 spiro atoms. The molecule has 1 aliphatic carbocycles. The molecule has 2 unspecified atom stereocenters. The third-order valence-corrected chi connectivity index (χ3v) is 3.83. The molecule has 20 heavy (non-hydrogen) atoms. The Bertz CT molecular complexity index is 312. The third kappa shape index (κ3) is 5.51. The number of ether oxygens (including phenoxy) is 2. The van der Waals surface area contributed by atoms with Crippen LogP contribution < -0.4 is 0 Å². The molecule has 1 rings (SSSR count). The van der Waals surface area contributed by atoms with E-state index in [1.54, 1.807) is 6.92 Å². The van der Waals surface area contributed by atoms with E-state index in [1.165, 1.54) is 0 Å². The molecule has 0 N–H and O–H groups in total. The van der Waals surface area contributed by atoms with Crippen LogP contribution in [0.5, 0.6) is 0 Å². The van der Waals surface area contributed by atoms with Crippen LogP contribution in [0, 0.1) is 17.8 Å². The van der Waals surface area contributed by atoms with Crippen molar-refractivity contribution in [1.82, 2.24) is 0 Å². The molecule has 2 atom stereocenters. The lowest BCUT2D eigenvalue weighted by Gasteiger charge is -2.28. The van der Waals surface area contributed by atoms with Gasteiger partial charge in [0.05, 0.1) is 25.0 Å². The van der Waals surface area contributed by atoms with Gasteiger partial charge in [-0.05, 0) is 38.5 Å². The Labute approximate surface area is 122 Å². The Morgan fingerprint density at radius 1 is 1.05 bits per heavy atom. The van der Waals surface area contributed by atoms with Crippen LogP contribution in [0.2, 0.25) is 0 Å². The molecule has 0 saturated heterocycles. The van der Waals surface area contributed by atoms with Crippen LogP contribution in [0.15, 0.2) is 0 Å². The molecule has 4 nitrogen and oxygen atoms in total. The maximum Gasteiger partial charge on any atom is 0.309 e. The highest BCUT2D eigenvalue weighted by molar-refractivity contribution is 5.82. The van der Waals surface area contributed by atoms with Crippen molar-refractivity contribution in [3.63, 3.8) is 0 Å². The first-order valence-electron chi connectivity index (χ1n) is 7.89. The molecule has 4 heteroatoms. The monoisotopic (exact) mass is 284 g/mol. The van der Waals surface area contributed by atoms with Crippen molar-refractivity contribution in [3.05, 3.63) is 0 Å². The maximum atomic E-state index is 12.1. The summed E-state index contributed by atoms with van der Waals surface area (Å²) in [6, 6.07) is 0.